The number of carbonyl (C=O) groups is 2. The van der Waals surface area contributed by atoms with Gasteiger partial charge in [0.2, 0.25) is 5.78 Å². The maximum atomic E-state index is 13.3. The number of amides is 1. The average molecular weight is 508 g/mol. The summed E-state index contributed by atoms with van der Waals surface area (Å²) in [7, 11) is 0. The lowest BCUT2D eigenvalue weighted by Crippen LogP contribution is -2.40. The van der Waals surface area contributed by atoms with Crippen molar-refractivity contribution in [3.05, 3.63) is 102 Å². The van der Waals surface area contributed by atoms with E-state index in [-0.39, 0.29) is 23.1 Å². The van der Waals surface area contributed by atoms with Crippen molar-refractivity contribution >= 4 is 28.4 Å². The summed E-state index contributed by atoms with van der Waals surface area (Å²) in [5.74, 6) is 1.31. The van der Waals surface area contributed by atoms with E-state index in [0.29, 0.717) is 49.0 Å². The molecule has 3 heterocycles. The molecule has 1 aliphatic rings. The summed E-state index contributed by atoms with van der Waals surface area (Å²) < 4.78 is 12.7. The molecule has 9 nitrogen and oxygen atoms in total. The molecule has 6 rings (SSSR count). The number of ketones is 1. The van der Waals surface area contributed by atoms with E-state index < -0.39 is 0 Å². The molecule has 0 atom stereocenters. The van der Waals surface area contributed by atoms with Gasteiger partial charge in [-0.1, -0.05) is 18.2 Å². The van der Waals surface area contributed by atoms with Gasteiger partial charge in [-0.25, -0.2) is 4.68 Å². The molecule has 1 amide bonds. The zero-order chi connectivity index (χ0) is 26.1. The molecule has 1 aliphatic heterocycles. The minimum absolute atomic E-state index is 0.0463. The Balaban J connectivity index is 1.21. The van der Waals surface area contributed by atoms with Crippen LogP contribution in [0.15, 0.2) is 85.1 Å². The molecule has 3 aromatic carbocycles. The third-order valence-corrected chi connectivity index (χ3v) is 6.52. The van der Waals surface area contributed by atoms with Crippen LogP contribution in [0.3, 0.4) is 0 Å². The highest BCUT2D eigenvalue weighted by Crippen LogP contribution is 2.26. The fourth-order valence-electron chi connectivity index (χ4n) is 4.50. The van der Waals surface area contributed by atoms with Gasteiger partial charge in [-0.2, -0.15) is 5.10 Å². The summed E-state index contributed by atoms with van der Waals surface area (Å²) in [5, 5.41) is 5.12. The lowest BCUT2D eigenvalue weighted by Gasteiger charge is -2.26. The standard InChI is InChI=1S/C29H25N5O4/c30-28-24(18-31-34(28)21-7-9-23(10-8-21)38-22-4-2-1-3-5-22)27(35)26-17-20-16-19(6-11-25(20)32-26)29(36)33-12-14-37-15-13-33/h1-11,16-18,32H,12-15,30H2. The smallest absolute Gasteiger partial charge is 0.254 e. The van der Waals surface area contributed by atoms with Crippen molar-refractivity contribution in [1.29, 1.82) is 0 Å². The number of benzene rings is 3. The number of nitrogens with one attached hydrogen (secondary N) is 1. The number of rotatable bonds is 6. The number of H-pyrrole nitrogens is 1. The van der Waals surface area contributed by atoms with Crippen LogP contribution in [0, 0.1) is 0 Å². The molecule has 0 unspecified atom stereocenters. The highest BCUT2D eigenvalue weighted by molar-refractivity contribution is 6.13. The van der Waals surface area contributed by atoms with Crippen molar-refractivity contribution in [3.8, 4) is 17.2 Å². The zero-order valence-corrected chi connectivity index (χ0v) is 20.5. The Hall–Kier alpha value is -4.89. The number of nitrogens with zero attached hydrogens (tertiary/aromatic N) is 3. The number of ether oxygens (including phenoxy) is 2. The van der Waals surface area contributed by atoms with Crippen molar-refractivity contribution in [2.45, 2.75) is 0 Å². The molecular formula is C29H25N5O4. The highest BCUT2D eigenvalue weighted by Gasteiger charge is 2.22. The molecule has 1 fully saturated rings. The first-order valence-corrected chi connectivity index (χ1v) is 12.3. The molecule has 3 N–H and O–H groups in total. The molecule has 0 bridgehead atoms. The van der Waals surface area contributed by atoms with Gasteiger partial charge in [-0.15, -0.1) is 0 Å². The van der Waals surface area contributed by atoms with Crippen LogP contribution in [-0.2, 0) is 4.74 Å². The minimum atomic E-state index is -0.282. The van der Waals surface area contributed by atoms with Crippen LogP contribution in [-0.4, -0.2) is 57.7 Å². The minimum Gasteiger partial charge on any atom is -0.457 e. The van der Waals surface area contributed by atoms with Gasteiger partial charge in [-0.05, 0) is 60.7 Å². The molecule has 190 valence electrons. The summed E-state index contributed by atoms with van der Waals surface area (Å²) in [4.78, 5) is 31.1. The van der Waals surface area contributed by atoms with Gasteiger partial charge < -0.3 is 25.1 Å². The van der Waals surface area contributed by atoms with Crippen LogP contribution in [0.1, 0.15) is 26.4 Å². The number of anilines is 1. The van der Waals surface area contributed by atoms with E-state index in [1.165, 1.54) is 10.9 Å². The quantitative estimate of drug-likeness (QED) is 0.329. The topological polar surface area (TPSA) is 115 Å². The van der Waals surface area contributed by atoms with Crippen LogP contribution in [0.2, 0.25) is 0 Å². The Morgan fingerprint density at radius 2 is 1.66 bits per heavy atom. The van der Waals surface area contributed by atoms with Gasteiger partial charge in [0.1, 0.15) is 17.3 Å². The Labute approximate surface area is 218 Å². The number of carbonyl (C=O) groups excluding carboxylic acids is 2. The number of hydrogen-bond acceptors (Lipinski definition) is 6. The maximum absolute atomic E-state index is 13.3. The lowest BCUT2D eigenvalue weighted by molar-refractivity contribution is 0.0303. The van der Waals surface area contributed by atoms with Gasteiger partial charge in [0.05, 0.1) is 36.4 Å². The van der Waals surface area contributed by atoms with Crippen LogP contribution >= 0.6 is 0 Å². The van der Waals surface area contributed by atoms with Crippen LogP contribution in [0.25, 0.3) is 16.6 Å². The van der Waals surface area contributed by atoms with Gasteiger partial charge in [-0.3, -0.25) is 9.59 Å². The number of para-hydroxylation sites is 1. The predicted octanol–water partition coefficient (Wildman–Crippen LogP) is 4.43. The third kappa shape index (κ3) is 4.51. The molecule has 9 heteroatoms. The number of nitrogens with two attached hydrogens (primary N) is 1. The van der Waals surface area contributed by atoms with E-state index in [9.17, 15) is 9.59 Å². The Kier molecular flexibility index (Phi) is 6.11. The number of fused-ring (bicyclic) bond motifs is 1. The maximum Gasteiger partial charge on any atom is 0.254 e. The zero-order valence-electron chi connectivity index (χ0n) is 20.5. The number of hydrogen-bond donors (Lipinski definition) is 2. The van der Waals surface area contributed by atoms with E-state index >= 15 is 0 Å². The molecular weight excluding hydrogens is 482 g/mol. The van der Waals surface area contributed by atoms with Gasteiger partial charge in [0.25, 0.3) is 5.91 Å². The van der Waals surface area contributed by atoms with Crippen molar-refractivity contribution in [3.63, 3.8) is 0 Å². The fraction of sp³-hybridized carbons (Fsp3) is 0.138. The van der Waals surface area contributed by atoms with Crippen molar-refractivity contribution in [2.75, 3.05) is 32.0 Å². The first-order chi connectivity index (χ1) is 18.6. The molecule has 2 aromatic heterocycles. The van der Waals surface area contributed by atoms with Gasteiger partial charge in [0.15, 0.2) is 0 Å². The first-order valence-electron chi connectivity index (χ1n) is 12.3. The van der Waals surface area contributed by atoms with Crippen molar-refractivity contribution in [1.82, 2.24) is 19.7 Å². The fourth-order valence-corrected chi connectivity index (χ4v) is 4.50. The Morgan fingerprint density at radius 3 is 2.42 bits per heavy atom. The Morgan fingerprint density at radius 1 is 0.921 bits per heavy atom. The van der Waals surface area contributed by atoms with Crippen LogP contribution in [0.5, 0.6) is 11.5 Å². The second-order valence-corrected chi connectivity index (χ2v) is 8.98. The Bertz CT molecular complexity index is 1620. The van der Waals surface area contributed by atoms with E-state index in [0.717, 1.165) is 16.7 Å². The van der Waals surface area contributed by atoms with Crippen LogP contribution < -0.4 is 10.5 Å². The monoisotopic (exact) mass is 507 g/mol. The summed E-state index contributed by atoms with van der Waals surface area (Å²) in [5.41, 5.74) is 9.03. The molecule has 1 saturated heterocycles. The largest absolute Gasteiger partial charge is 0.457 e. The number of aromatic nitrogens is 3. The molecule has 38 heavy (non-hydrogen) atoms. The SMILES string of the molecule is Nc1c(C(=O)c2cc3cc(C(=O)N4CCOCC4)ccc3[nH]2)cnn1-c1ccc(Oc2ccccc2)cc1. The van der Waals surface area contributed by atoms with E-state index in [1.54, 1.807) is 23.1 Å². The number of nitrogen functional groups attached to an aromatic ring is 1. The normalized spacial score (nSPS) is 13.5. The summed E-state index contributed by atoms with van der Waals surface area (Å²) in [6.07, 6.45) is 1.46. The second kappa shape index (κ2) is 9.87. The number of morpholine rings is 1. The third-order valence-electron chi connectivity index (χ3n) is 6.52. The molecule has 0 spiro atoms. The van der Waals surface area contributed by atoms with Gasteiger partial charge >= 0.3 is 0 Å². The molecule has 0 saturated carbocycles. The summed E-state index contributed by atoms with van der Waals surface area (Å²) >= 11 is 0. The number of aromatic amines is 1. The van der Waals surface area contributed by atoms with Gasteiger partial charge in [0, 0.05) is 29.6 Å². The first kappa shape index (κ1) is 23.5. The van der Waals surface area contributed by atoms with E-state index in [1.807, 2.05) is 60.7 Å². The molecule has 5 aromatic rings. The average Bonchev–Trinajstić information content (AvgIpc) is 3.57. The van der Waals surface area contributed by atoms with Crippen LogP contribution in [0.4, 0.5) is 5.82 Å². The molecule has 0 aliphatic carbocycles. The lowest BCUT2D eigenvalue weighted by atomic mass is 10.1. The van der Waals surface area contributed by atoms with Crippen molar-refractivity contribution < 1.29 is 19.1 Å². The highest BCUT2D eigenvalue weighted by atomic mass is 16.5. The predicted molar refractivity (Wildman–Crippen MR) is 143 cm³/mol. The second-order valence-electron chi connectivity index (χ2n) is 8.98. The summed E-state index contributed by atoms with van der Waals surface area (Å²) in [6.45, 7) is 2.22. The van der Waals surface area contributed by atoms with E-state index in [4.69, 9.17) is 15.2 Å². The van der Waals surface area contributed by atoms with Crippen molar-refractivity contribution in [2.24, 2.45) is 0 Å². The molecule has 0 radical (unpaired) electrons. The van der Waals surface area contributed by atoms with E-state index in [2.05, 4.69) is 10.1 Å². The summed E-state index contributed by atoms with van der Waals surface area (Å²) in [6, 6.07) is 23.9.